The first-order valence-electron chi connectivity index (χ1n) is 11.4. The van der Waals surface area contributed by atoms with E-state index in [0.29, 0.717) is 6.61 Å². The third kappa shape index (κ3) is 6.02. The summed E-state index contributed by atoms with van der Waals surface area (Å²) in [5.74, 6) is 0.986. The van der Waals surface area contributed by atoms with Gasteiger partial charge in [0.15, 0.2) is 0 Å². The molecule has 0 bridgehead atoms. The Kier molecular flexibility index (Phi) is 7.81. The largest absolute Gasteiger partial charge is 0.497 e. The zero-order valence-corrected chi connectivity index (χ0v) is 20.4. The van der Waals surface area contributed by atoms with Crippen LogP contribution in [0.4, 0.5) is 0 Å². The van der Waals surface area contributed by atoms with Gasteiger partial charge in [-0.05, 0) is 54.1 Å². The van der Waals surface area contributed by atoms with Crippen molar-refractivity contribution in [2.75, 3.05) is 39.8 Å². The molecule has 0 spiro atoms. The normalized spacial score (nSPS) is 15.4. The van der Waals surface area contributed by atoms with Gasteiger partial charge in [0, 0.05) is 32.7 Å². The lowest BCUT2D eigenvalue weighted by atomic mass is 10.1. The highest BCUT2D eigenvalue weighted by atomic mass is 32.1. The summed E-state index contributed by atoms with van der Waals surface area (Å²) in [6.45, 7) is 8.57. The standard InChI is InChI=1S/C27H32N2O3S/c1-20-7-9-22(10-8-20)19-32-25(23-5-4-6-24(17-23)31-3)18-28-12-14-29(15-13-28)27(30)26-21(2)11-16-33-26/h4-11,16-17,25H,12-15,18-19H2,1-3H3/t25-/m0/s1. The van der Waals surface area contributed by atoms with Crippen LogP contribution in [0.15, 0.2) is 60.0 Å². The topological polar surface area (TPSA) is 42.0 Å². The molecule has 1 aliphatic rings. The van der Waals surface area contributed by atoms with Gasteiger partial charge < -0.3 is 14.4 Å². The van der Waals surface area contributed by atoms with Crippen molar-refractivity contribution in [3.05, 3.63) is 87.1 Å². The van der Waals surface area contributed by atoms with E-state index in [9.17, 15) is 4.79 Å². The van der Waals surface area contributed by atoms with Crippen molar-refractivity contribution in [1.29, 1.82) is 0 Å². The van der Waals surface area contributed by atoms with E-state index in [0.717, 1.165) is 60.0 Å². The molecule has 1 aromatic heterocycles. The maximum absolute atomic E-state index is 12.9. The van der Waals surface area contributed by atoms with Crippen molar-refractivity contribution in [2.24, 2.45) is 0 Å². The Morgan fingerprint density at radius 3 is 2.45 bits per heavy atom. The van der Waals surface area contributed by atoms with Gasteiger partial charge >= 0.3 is 0 Å². The number of carbonyl (C=O) groups is 1. The number of amides is 1. The summed E-state index contributed by atoms with van der Waals surface area (Å²) in [5.41, 5.74) is 4.58. The third-order valence-electron chi connectivity index (χ3n) is 6.18. The van der Waals surface area contributed by atoms with Crippen LogP contribution in [0.1, 0.15) is 38.0 Å². The van der Waals surface area contributed by atoms with Crippen LogP contribution in [-0.2, 0) is 11.3 Å². The molecule has 0 aliphatic carbocycles. The van der Waals surface area contributed by atoms with Crippen LogP contribution in [0.2, 0.25) is 0 Å². The molecule has 1 aliphatic heterocycles. The van der Waals surface area contributed by atoms with Gasteiger partial charge in [-0.15, -0.1) is 11.3 Å². The van der Waals surface area contributed by atoms with Gasteiger partial charge in [-0.1, -0.05) is 42.0 Å². The van der Waals surface area contributed by atoms with E-state index in [2.05, 4.69) is 48.2 Å². The molecule has 1 atom stereocenters. The Hall–Kier alpha value is -2.67. The van der Waals surface area contributed by atoms with E-state index < -0.39 is 0 Å². The van der Waals surface area contributed by atoms with Gasteiger partial charge in [0.2, 0.25) is 0 Å². The number of thiophene rings is 1. The number of methoxy groups -OCH3 is 1. The molecular weight excluding hydrogens is 432 g/mol. The first kappa shape index (κ1) is 23.5. The fraction of sp³-hybridized carbons (Fsp3) is 0.370. The smallest absolute Gasteiger partial charge is 0.264 e. The Bertz CT molecular complexity index is 1060. The molecule has 3 aromatic rings. The van der Waals surface area contributed by atoms with Crippen LogP contribution < -0.4 is 4.74 Å². The number of rotatable bonds is 8. The van der Waals surface area contributed by atoms with E-state index in [4.69, 9.17) is 9.47 Å². The second-order valence-corrected chi connectivity index (χ2v) is 9.50. The summed E-state index contributed by atoms with van der Waals surface area (Å²) in [5, 5.41) is 1.99. The molecule has 1 saturated heterocycles. The molecule has 0 unspecified atom stereocenters. The minimum absolute atomic E-state index is 0.0804. The molecule has 174 valence electrons. The Morgan fingerprint density at radius 2 is 1.79 bits per heavy atom. The van der Waals surface area contributed by atoms with Gasteiger partial charge in [-0.2, -0.15) is 0 Å². The quantitative estimate of drug-likeness (QED) is 0.466. The second kappa shape index (κ2) is 11.0. The lowest BCUT2D eigenvalue weighted by Gasteiger charge is -2.36. The zero-order chi connectivity index (χ0) is 23.2. The Balaban J connectivity index is 1.41. The molecule has 2 aromatic carbocycles. The van der Waals surface area contributed by atoms with Crippen LogP contribution in [0.5, 0.6) is 5.75 Å². The number of aryl methyl sites for hydroxylation is 2. The van der Waals surface area contributed by atoms with E-state index >= 15 is 0 Å². The van der Waals surface area contributed by atoms with Crippen LogP contribution in [0.3, 0.4) is 0 Å². The van der Waals surface area contributed by atoms with Crippen LogP contribution in [0, 0.1) is 13.8 Å². The molecule has 0 N–H and O–H groups in total. The highest BCUT2D eigenvalue weighted by Gasteiger charge is 2.26. The lowest BCUT2D eigenvalue weighted by molar-refractivity contribution is 0.00338. The summed E-state index contributed by atoms with van der Waals surface area (Å²) >= 11 is 1.53. The fourth-order valence-corrected chi connectivity index (χ4v) is 4.97. The summed E-state index contributed by atoms with van der Waals surface area (Å²) in [6.07, 6.45) is -0.0804. The first-order valence-corrected chi connectivity index (χ1v) is 12.3. The van der Waals surface area contributed by atoms with Crippen LogP contribution in [0.25, 0.3) is 0 Å². The molecular formula is C27H32N2O3S. The Labute approximate surface area is 200 Å². The predicted octanol–water partition coefficient (Wildman–Crippen LogP) is 5.09. The number of carbonyl (C=O) groups excluding carboxylic acids is 1. The van der Waals surface area contributed by atoms with Gasteiger partial charge in [0.25, 0.3) is 5.91 Å². The van der Waals surface area contributed by atoms with Crippen molar-refractivity contribution >= 4 is 17.2 Å². The number of hydrogen-bond acceptors (Lipinski definition) is 5. The highest BCUT2D eigenvalue weighted by Crippen LogP contribution is 2.26. The van der Waals surface area contributed by atoms with E-state index in [1.807, 2.05) is 35.4 Å². The molecule has 0 saturated carbocycles. The van der Waals surface area contributed by atoms with Crippen molar-refractivity contribution in [1.82, 2.24) is 9.80 Å². The molecule has 1 amide bonds. The van der Waals surface area contributed by atoms with Crippen molar-refractivity contribution in [2.45, 2.75) is 26.6 Å². The molecule has 1 fully saturated rings. The average molecular weight is 465 g/mol. The third-order valence-corrected chi connectivity index (χ3v) is 7.18. The maximum atomic E-state index is 12.9. The highest BCUT2D eigenvalue weighted by molar-refractivity contribution is 7.12. The monoisotopic (exact) mass is 464 g/mol. The number of hydrogen-bond donors (Lipinski definition) is 0. The minimum Gasteiger partial charge on any atom is -0.497 e. The van der Waals surface area contributed by atoms with Crippen LogP contribution >= 0.6 is 11.3 Å². The van der Waals surface area contributed by atoms with Crippen molar-refractivity contribution < 1.29 is 14.3 Å². The predicted molar refractivity (Wildman–Crippen MR) is 133 cm³/mol. The van der Waals surface area contributed by atoms with E-state index in [1.165, 1.54) is 16.9 Å². The molecule has 6 heteroatoms. The number of ether oxygens (including phenoxy) is 2. The number of benzene rings is 2. The minimum atomic E-state index is -0.0804. The van der Waals surface area contributed by atoms with E-state index in [1.54, 1.807) is 7.11 Å². The SMILES string of the molecule is COc1cccc([C@H](CN2CCN(C(=O)c3sccc3C)CC2)OCc2ccc(C)cc2)c1. The summed E-state index contributed by atoms with van der Waals surface area (Å²) in [4.78, 5) is 18.1. The average Bonchev–Trinajstić information content (AvgIpc) is 3.28. The van der Waals surface area contributed by atoms with E-state index in [-0.39, 0.29) is 12.0 Å². The molecule has 2 heterocycles. The van der Waals surface area contributed by atoms with Gasteiger partial charge in [-0.3, -0.25) is 9.69 Å². The Morgan fingerprint density at radius 1 is 1.03 bits per heavy atom. The second-order valence-electron chi connectivity index (χ2n) is 8.59. The van der Waals surface area contributed by atoms with Gasteiger partial charge in [-0.25, -0.2) is 0 Å². The summed E-state index contributed by atoms with van der Waals surface area (Å²) in [7, 11) is 1.69. The summed E-state index contributed by atoms with van der Waals surface area (Å²) < 4.78 is 11.9. The zero-order valence-electron chi connectivity index (χ0n) is 19.6. The molecule has 33 heavy (non-hydrogen) atoms. The molecule has 5 nitrogen and oxygen atoms in total. The number of piperazine rings is 1. The van der Waals surface area contributed by atoms with Crippen molar-refractivity contribution in [3.8, 4) is 5.75 Å². The number of nitrogens with zero attached hydrogens (tertiary/aromatic N) is 2. The van der Waals surface area contributed by atoms with Crippen LogP contribution in [-0.4, -0.2) is 55.5 Å². The van der Waals surface area contributed by atoms with Crippen molar-refractivity contribution in [3.63, 3.8) is 0 Å². The van der Waals surface area contributed by atoms with Gasteiger partial charge in [0.1, 0.15) is 5.75 Å². The lowest BCUT2D eigenvalue weighted by Crippen LogP contribution is -2.49. The van der Waals surface area contributed by atoms with Gasteiger partial charge in [0.05, 0.1) is 24.7 Å². The summed E-state index contributed by atoms with van der Waals surface area (Å²) in [6, 6.07) is 18.6. The first-order chi connectivity index (χ1) is 16.0. The fourth-order valence-electron chi connectivity index (χ4n) is 4.08. The maximum Gasteiger partial charge on any atom is 0.264 e. The molecule has 0 radical (unpaired) electrons. The molecule has 4 rings (SSSR count).